The van der Waals surface area contributed by atoms with Crippen LogP contribution in [0.2, 0.25) is 0 Å². The molecule has 0 unspecified atom stereocenters. The van der Waals surface area contributed by atoms with Crippen molar-refractivity contribution in [3.05, 3.63) is 17.7 Å². The molecule has 5 nitrogen and oxygen atoms in total. The van der Waals surface area contributed by atoms with Crippen molar-refractivity contribution in [2.24, 2.45) is 5.92 Å². The molecule has 0 radical (unpaired) electrons. The summed E-state index contributed by atoms with van der Waals surface area (Å²) in [6.07, 6.45) is 3.53. The van der Waals surface area contributed by atoms with Crippen LogP contribution in [0.3, 0.4) is 0 Å². The molecule has 22 heavy (non-hydrogen) atoms. The lowest BCUT2D eigenvalue weighted by Gasteiger charge is -2.35. The highest BCUT2D eigenvalue weighted by molar-refractivity contribution is 5.85. The Morgan fingerprint density at radius 3 is 2.27 bits per heavy atom. The zero-order chi connectivity index (χ0) is 14.1. The number of hydrogen-bond donors (Lipinski definition) is 4. The van der Waals surface area contributed by atoms with E-state index in [1.165, 1.54) is 18.9 Å². The fourth-order valence-electron chi connectivity index (χ4n) is 2.99. The van der Waals surface area contributed by atoms with Crippen LogP contribution in [0.15, 0.2) is 12.1 Å². The Morgan fingerprint density at radius 1 is 1.05 bits per heavy atom. The first-order chi connectivity index (χ1) is 9.66. The third-order valence-electron chi connectivity index (χ3n) is 4.37. The molecule has 7 heteroatoms. The second kappa shape index (κ2) is 8.11. The first-order valence-corrected chi connectivity index (χ1v) is 7.35. The van der Waals surface area contributed by atoms with E-state index in [9.17, 15) is 15.3 Å². The van der Waals surface area contributed by atoms with Crippen LogP contribution in [0.5, 0.6) is 17.2 Å². The van der Waals surface area contributed by atoms with E-state index in [2.05, 4.69) is 10.2 Å². The second-order valence-corrected chi connectivity index (χ2v) is 5.85. The lowest BCUT2D eigenvalue weighted by atomic mass is 9.97. The maximum atomic E-state index is 10.2. The topological polar surface area (TPSA) is 76.0 Å². The van der Waals surface area contributed by atoms with Gasteiger partial charge in [-0.25, -0.2) is 0 Å². The highest BCUT2D eigenvalue weighted by atomic mass is 35.5. The highest BCUT2D eigenvalue weighted by Crippen LogP contribution is 2.46. The predicted octanol–water partition coefficient (Wildman–Crippen LogP) is 2.39. The molecule has 3 rings (SSSR count). The maximum absolute atomic E-state index is 10.2. The number of benzene rings is 1. The van der Waals surface area contributed by atoms with Crippen LogP contribution in [-0.2, 0) is 0 Å². The van der Waals surface area contributed by atoms with Gasteiger partial charge in [-0.1, -0.05) is 12.8 Å². The SMILES string of the molecule is Cl.Cl.Oc1ccc([C@H](CC2CC2)N2CCNCC2)c(O)c1O. The molecular formula is C15H24Cl2N2O3. The summed E-state index contributed by atoms with van der Waals surface area (Å²) < 4.78 is 0. The van der Waals surface area contributed by atoms with Gasteiger partial charge in [0.25, 0.3) is 0 Å². The zero-order valence-corrected chi connectivity index (χ0v) is 14.0. The smallest absolute Gasteiger partial charge is 0.200 e. The van der Waals surface area contributed by atoms with Crippen molar-refractivity contribution in [2.45, 2.75) is 25.3 Å². The molecule has 1 saturated heterocycles. The van der Waals surface area contributed by atoms with Gasteiger partial charge in [-0.05, 0) is 24.5 Å². The van der Waals surface area contributed by atoms with Gasteiger partial charge >= 0.3 is 0 Å². The third-order valence-corrected chi connectivity index (χ3v) is 4.37. The van der Waals surface area contributed by atoms with Crippen molar-refractivity contribution in [3.63, 3.8) is 0 Å². The Bertz CT molecular complexity index is 492. The fraction of sp³-hybridized carbons (Fsp3) is 0.600. The molecule has 4 N–H and O–H groups in total. The van der Waals surface area contributed by atoms with Crippen molar-refractivity contribution in [1.29, 1.82) is 0 Å². The molecular weight excluding hydrogens is 327 g/mol. The Morgan fingerprint density at radius 2 is 1.68 bits per heavy atom. The summed E-state index contributed by atoms with van der Waals surface area (Å²) >= 11 is 0. The largest absolute Gasteiger partial charge is 0.504 e. The summed E-state index contributed by atoms with van der Waals surface area (Å²) in [6, 6.07) is 3.32. The molecule has 1 aromatic rings. The molecule has 1 atom stereocenters. The average Bonchev–Trinajstić information content (AvgIpc) is 3.28. The maximum Gasteiger partial charge on any atom is 0.200 e. The molecule has 1 saturated carbocycles. The van der Waals surface area contributed by atoms with E-state index in [0.29, 0.717) is 0 Å². The van der Waals surface area contributed by atoms with Crippen molar-refractivity contribution < 1.29 is 15.3 Å². The van der Waals surface area contributed by atoms with Gasteiger partial charge in [0, 0.05) is 37.8 Å². The number of rotatable bonds is 4. The number of aromatic hydroxyl groups is 3. The monoisotopic (exact) mass is 350 g/mol. The van der Waals surface area contributed by atoms with Crippen molar-refractivity contribution >= 4 is 24.8 Å². The molecule has 0 amide bonds. The minimum atomic E-state index is -0.404. The molecule has 0 bridgehead atoms. The van der Waals surface area contributed by atoms with E-state index in [4.69, 9.17) is 0 Å². The van der Waals surface area contributed by atoms with Crippen LogP contribution in [0, 0.1) is 5.92 Å². The van der Waals surface area contributed by atoms with Crippen LogP contribution >= 0.6 is 24.8 Å². The minimum Gasteiger partial charge on any atom is -0.504 e. The van der Waals surface area contributed by atoms with Crippen molar-refractivity contribution in [2.75, 3.05) is 26.2 Å². The van der Waals surface area contributed by atoms with Crippen molar-refractivity contribution in [1.82, 2.24) is 10.2 Å². The van der Waals surface area contributed by atoms with Gasteiger partial charge in [-0.3, -0.25) is 4.90 Å². The molecule has 1 aromatic carbocycles. The van der Waals surface area contributed by atoms with Crippen LogP contribution < -0.4 is 5.32 Å². The minimum absolute atomic E-state index is 0. The number of hydrogen-bond acceptors (Lipinski definition) is 5. The normalized spacial score (nSPS) is 19.8. The Kier molecular flexibility index (Phi) is 7.06. The van der Waals surface area contributed by atoms with E-state index < -0.39 is 5.75 Å². The third kappa shape index (κ3) is 4.10. The highest BCUT2D eigenvalue weighted by Gasteiger charge is 2.32. The Hall–Kier alpha value is -0.880. The van der Waals surface area contributed by atoms with Gasteiger partial charge in [-0.15, -0.1) is 24.8 Å². The molecule has 126 valence electrons. The van der Waals surface area contributed by atoms with E-state index in [0.717, 1.165) is 44.1 Å². The number of phenols is 3. The van der Waals surface area contributed by atoms with Crippen LogP contribution in [0.4, 0.5) is 0 Å². The predicted molar refractivity (Wildman–Crippen MR) is 90.5 cm³/mol. The second-order valence-electron chi connectivity index (χ2n) is 5.85. The number of nitrogens with zero attached hydrogens (tertiary/aromatic N) is 1. The average molecular weight is 351 g/mol. The summed E-state index contributed by atoms with van der Waals surface area (Å²) in [5.41, 5.74) is 0.731. The Balaban J connectivity index is 0.00000121. The number of piperazine rings is 1. The van der Waals surface area contributed by atoms with E-state index in [1.54, 1.807) is 6.07 Å². The summed E-state index contributed by atoms with van der Waals surface area (Å²) in [6.45, 7) is 3.79. The number of phenolic OH excluding ortho intramolecular Hbond substituents is 3. The molecule has 2 aliphatic rings. The summed E-state index contributed by atoms with van der Waals surface area (Å²) in [7, 11) is 0. The first kappa shape index (κ1) is 19.2. The molecule has 0 aromatic heterocycles. The number of nitrogens with one attached hydrogen (secondary N) is 1. The van der Waals surface area contributed by atoms with Crippen LogP contribution in [-0.4, -0.2) is 46.4 Å². The summed E-state index contributed by atoms with van der Waals surface area (Å²) in [5.74, 6) is -0.116. The van der Waals surface area contributed by atoms with Gasteiger partial charge in [0.15, 0.2) is 11.5 Å². The standard InChI is InChI=1S/C15H22N2O3.2ClH/c18-13-4-3-11(14(19)15(13)20)12(9-10-1-2-10)17-7-5-16-6-8-17;;/h3-4,10,12,16,18-20H,1-2,5-9H2;2*1H/t12-;;/m0../s1. The molecule has 1 aliphatic heterocycles. The van der Waals surface area contributed by atoms with Gasteiger partial charge in [0.2, 0.25) is 5.75 Å². The quantitative estimate of drug-likeness (QED) is 0.627. The Labute approximate surface area is 143 Å². The fourth-order valence-corrected chi connectivity index (χ4v) is 2.99. The lowest BCUT2D eigenvalue weighted by Crippen LogP contribution is -2.45. The van der Waals surface area contributed by atoms with Gasteiger partial charge in [0.05, 0.1) is 0 Å². The van der Waals surface area contributed by atoms with Crippen LogP contribution in [0.25, 0.3) is 0 Å². The van der Waals surface area contributed by atoms with E-state index in [-0.39, 0.29) is 42.4 Å². The zero-order valence-electron chi connectivity index (χ0n) is 12.4. The van der Waals surface area contributed by atoms with Crippen molar-refractivity contribution in [3.8, 4) is 17.2 Å². The van der Waals surface area contributed by atoms with Gasteiger partial charge in [-0.2, -0.15) is 0 Å². The molecule has 2 fully saturated rings. The molecule has 1 aliphatic carbocycles. The number of halogens is 2. The lowest BCUT2D eigenvalue weighted by molar-refractivity contribution is 0.157. The summed E-state index contributed by atoms with van der Waals surface area (Å²) in [4.78, 5) is 2.36. The molecule has 1 heterocycles. The van der Waals surface area contributed by atoms with E-state index >= 15 is 0 Å². The van der Waals surface area contributed by atoms with E-state index in [1.807, 2.05) is 0 Å². The first-order valence-electron chi connectivity index (χ1n) is 7.35. The van der Waals surface area contributed by atoms with Crippen LogP contribution in [0.1, 0.15) is 30.9 Å². The van der Waals surface area contributed by atoms with Gasteiger partial charge < -0.3 is 20.6 Å². The summed E-state index contributed by atoms with van der Waals surface area (Å²) in [5, 5.41) is 32.7. The molecule has 0 spiro atoms. The van der Waals surface area contributed by atoms with Gasteiger partial charge in [0.1, 0.15) is 0 Å².